The van der Waals surface area contributed by atoms with Crippen molar-refractivity contribution < 1.29 is 14.2 Å². The fourth-order valence-electron chi connectivity index (χ4n) is 4.26. The van der Waals surface area contributed by atoms with E-state index in [1.807, 2.05) is 23.1 Å². The van der Waals surface area contributed by atoms with Gasteiger partial charge < -0.3 is 19.4 Å². The predicted octanol–water partition coefficient (Wildman–Crippen LogP) is 1.97. The van der Waals surface area contributed by atoms with Crippen molar-refractivity contribution in [2.24, 2.45) is 0 Å². The molecule has 0 bridgehead atoms. The Hall–Kier alpha value is -3.43. The number of nitrogens with zero attached hydrogens (tertiary/aromatic N) is 7. The highest BCUT2D eigenvalue weighted by Gasteiger charge is 2.29. The zero-order valence-electron chi connectivity index (χ0n) is 17.5. The number of fused-ring (bicyclic) bond motifs is 1. The number of aromatic nitrogens is 4. The Balaban J connectivity index is 1.37. The number of carbonyl (C=O) groups excluding carboxylic acids is 1. The van der Waals surface area contributed by atoms with E-state index in [0.29, 0.717) is 48.8 Å². The maximum absolute atomic E-state index is 13.0. The maximum Gasteiger partial charge on any atom is 0.257 e. The summed E-state index contributed by atoms with van der Waals surface area (Å²) in [5.41, 5.74) is 1.42. The van der Waals surface area contributed by atoms with Crippen molar-refractivity contribution in [2.45, 2.75) is 19.3 Å². The van der Waals surface area contributed by atoms with Crippen LogP contribution in [-0.4, -0.2) is 77.5 Å². The number of rotatable bonds is 4. The number of methoxy groups -OCH3 is 1. The molecular weight excluding hydrogens is 398 g/mol. The second-order valence-electron chi connectivity index (χ2n) is 7.81. The topological polar surface area (TPSA) is 101 Å². The fraction of sp³-hybridized carbons (Fsp3) is 0.476. The first-order valence-corrected chi connectivity index (χ1v) is 10.7. The van der Waals surface area contributed by atoms with E-state index in [0.717, 1.165) is 37.6 Å². The number of anilines is 2. The van der Waals surface area contributed by atoms with Gasteiger partial charge in [-0.05, 0) is 41.7 Å². The van der Waals surface area contributed by atoms with Crippen molar-refractivity contribution in [3.05, 3.63) is 29.8 Å². The van der Waals surface area contributed by atoms with Crippen molar-refractivity contribution in [1.29, 1.82) is 0 Å². The summed E-state index contributed by atoms with van der Waals surface area (Å²) in [5.74, 6) is 2.19. The predicted molar refractivity (Wildman–Crippen MR) is 115 cm³/mol. The van der Waals surface area contributed by atoms with Gasteiger partial charge in [0.05, 0.1) is 12.7 Å². The first-order chi connectivity index (χ1) is 15.2. The Bertz CT molecular complexity index is 1070. The van der Waals surface area contributed by atoms with Crippen molar-refractivity contribution in [3.8, 4) is 5.75 Å². The average Bonchev–Trinajstić information content (AvgIpc) is 3.31. The van der Waals surface area contributed by atoms with Gasteiger partial charge in [0.25, 0.3) is 5.91 Å². The standard InChI is InChI=1S/C21H25N7O3/c1-30-16-8-4-3-7-15(16)21(29)28-13-11-27(12-14-28)20-19(26-9-5-2-6-10-26)22-17-18(23-20)25-31-24-17/h3-4,7-8H,2,5-6,9-14H2,1H3. The van der Waals surface area contributed by atoms with Gasteiger partial charge >= 0.3 is 0 Å². The van der Waals surface area contributed by atoms with Gasteiger partial charge in [-0.1, -0.05) is 12.1 Å². The molecule has 0 saturated carbocycles. The van der Waals surface area contributed by atoms with E-state index in [-0.39, 0.29) is 5.91 Å². The number of piperidine rings is 1. The third-order valence-electron chi connectivity index (χ3n) is 5.94. The van der Waals surface area contributed by atoms with Gasteiger partial charge in [0.1, 0.15) is 5.75 Å². The minimum Gasteiger partial charge on any atom is -0.496 e. The molecular formula is C21H25N7O3. The summed E-state index contributed by atoms with van der Waals surface area (Å²) in [6, 6.07) is 7.33. The van der Waals surface area contributed by atoms with Gasteiger partial charge in [-0.25, -0.2) is 14.6 Å². The maximum atomic E-state index is 13.0. The first kappa shape index (κ1) is 19.5. The highest BCUT2D eigenvalue weighted by Crippen LogP contribution is 2.30. The molecule has 2 aliphatic rings. The number of hydrogen-bond donors (Lipinski definition) is 0. The Morgan fingerprint density at radius 1 is 0.871 bits per heavy atom. The van der Waals surface area contributed by atoms with E-state index in [1.54, 1.807) is 13.2 Å². The number of amides is 1. The molecule has 10 nitrogen and oxygen atoms in total. The molecule has 31 heavy (non-hydrogen) atoms. The monoisotopic (exact) mass is 423 g/mol. The third-order valence-corrected chi connectivity index (χ3v) is 5.94. The Labute approximate surface area is 179 Å². The van der Waals surface area contributed by atoms with Crippen LogP contribution in [-0.2, 0) is 0 Å². The lowest BCUT2D eigenvalue weighted by Gasteiger charge is -2.37. The molecule has 1 amide bonds. The van der Waals surface area contributed by atoms with Crippen molar-refractivity contribution >= 4 is 28.8 Å². The number of piperazine rings is 1. The second kappa shape index (κ2) is 8.37. The van der Waals surface area contributed by atoms with Crippen LogP contribution in [0.1, 0.15) is 29.6 Å². The molecule has 2 fully saturated rings. The molecule has 2 aromatic heterocycles. The molecule has 3 aromatic rings. The zero-order chi connectivity index (χ0) is 21.2. The molecule has 5 rings (SSSR count). The summed E-state index contributed by atoms with van der Waals surface area (Å²) >= 11 is 0. The van der Waals surface area contributed by atoms with Gasteiger partial charge in [-0.3, -0.25) is 4.79 Å². The Morgan fingerprint density at radius 2 is 1.48 bits per heavy atom. The Morgan fingerprint density at radius 3 is 2.13 bits per heavy atom. The largest absolute Gasteiger partial charge is 0.496 e. The van der Waals surface area contributed by atoms with Crippen LogP contribution in [0.4, 0.5) is 11.6 Å². The lowest BCUT2D eigenvalue weighted by molar-refractivity contribution is 0.0743. The van der Waals surface area contributed by atoms with Crippen LogP contribution in [0.5, 0.6) is 5.75 Å². The number of para-hydroxylation sites is 1. The van der Waals surface area contributed by atoms with Crippen LogP contribution in [0.25, 0.3) is 11.3 Å². The molecule has 0 atom stereocenters. The van der Waals surface area contributed by atoms with Crippen molar-refractivity contribution in [3.63, 3.8) is 0 Å². The average molecular weight is 423 g/mol. The normalized spacial score (nSPS) is 17.3. The van der Waals surface area contributed by atoms with Crippen molar-refractivity contribution in [1.82, 2.24) is 25.2 Å². The number of benzene rings is 1. The van der Waals surface area contributed by atoms with Gasteiger partial charge in [0.15, 0.2) is 11.6 Å². The molecule has 2 saturated heterocycles. The SMILES string of the molecule is COc1ccccc1C(=O)N1CCN(c2nc3nonc3nc2N2CCCCC2)CC1. The molecule has 0 unspecified atom stereocenters. The number of ether oxygens (including phenoxy) is 1. The summed E-state index contributed by atoms with van der Waals surface area (Å²) in [4.78, 5) is 28.8. The molecule has 4 heterocycles. The molecule has 0 N–H and O–H groups in total. The molecule has 1 aromatic carbocycles. The summed E-state index contributed by atoms with van der Waals surface area (Å²) < 4.78 is 10.2. The van der Waals surface area contributed by atoms with Crippen LogP contribution in [0.2, 0.25) is 0 Å². The fourth-order valence-corrected chi connectivity index (χ4v) is 4.26. The van der Waals surface area contributed by atoms with Gasteiger partial charge in [-0.2, -0.15) is 0 Å². The van der Waals surface area contributed by atoms with Gasteiger partial charge in [0.2, 0.25) is 11.3 Å². The lowest BCUT2D eigenvalue weighted by Crippen LogP contribution is -2.49. The van der Waals surface area contributed by atoms with E-state index >= 15 is 0 Å². The summed E-state index contributed by atoms with van der Waals surface area (Å²) in [5, 5.41) is 7.76. The van der Waals surface area contributed by atoms with Crippen LogP contribution in [0, 0.1) is 0 Å². The van der Waals surface area contributed by atoms with Crippen LogP contribution >= 0.6 is 0 Å². The Kier molecular flexibility index (Phi) is 5.27. The molecule has 2 aliphatic heterocycles. The van der Waals surface area contributed by atoms with E-state index in [4.69, 9.17) is 19.3 Å². The molecule has 0 radical (unpaired) electrons. The second-order valence-corrected chi connectivity index (χ2v) is 7.81. The first-order valence-electron chi connectivity index (χ1n) is 10.7. The summed E-state index contributed by atoms with van der Waals surface area (Å²) in [6.45, 7) is 4.40. The highest BCUT2D eigenvalue weighted by atomic mass is 16.6. The minimum absolute atomic E-state index is 0.0180. The highest BCUT2D eigenvalue weighted by molar-refractivity contribution is 5.97. The quantitative estimate of drug-likeness (QED) is 0.623. The van der Waals surface area contributed by atoms with E-state index < -0.39 is 0 Å². The third kappa shape index (κ3) is 3.73. The van der Waals surface area contributed by atoms with Crippen LogP contribution < -0.4 is 14.5 Å². The minimum atomic E-state index is -0.0180. The van der Waals surface area contributed by atoms with Gasteiger partial charge in [0, 0.05) is 39.3 Å². The van der Waals surface area contributed by atoms with Crippen molar-refractivity contribution in [2.75, 3.05) is 56.2 Å². The van der Waals surface area contributed by atoms with Crippen LogP contribution in [0.3, 0.4) is 0 Å². The molecule has 0 spiro atoms. The molecule has 0 aliphatic carbocycles. The number of hydrogen-bond acceptors (Lipinski definition) is 9. The van der Waals surface area contributed by atoms with E-state index in [9.17, 15) is 4.79 Å². The van der Waals surface area contributed by atoms with Crippen LogP contribution in [0.15, 0.2) is 28.9 Å². The summed E-state index contributed by atoms with van der Waals surface area (Å²) in [7, 11) is 1.58. The lowest BCUT2D eigenvalue weighted by atomic mass is 10.1. The molecule has 162 valence electrons. The smallest absolute Gasteiger partial charge is 0.257 e. The summed E-state index contributed by atoms with van der Waals surface area (Å²) in [6.07, 6.45) is 3.51. The van der Waals surface area contributed by atoms with Gasteiger partial charge in [-0.15, -0.1) is 0 Å². The van der Waals surface area contributed by atoms with E-state index in [2.05, 4.69) is 20.1 Å². The van der Waals surface area contributed by atoms with E-state index in [1.165, 1.54) is 6.42 Å². The number of carbonyl (C=O) groups is 1. The molecule has 10 heteroatoms. The zero-order valence-corrected chi connectivity index (χ0v) is 17.5.